The van der Waals surface area contributed by atoms with Crippen LogP contribution in [-0.2, 0) is 0 Å². The molecule has 0 aliphatic rings. The Morgan fingerprint density at radius 3 is 1.79 bits per heavy atom. The van der Waals surface area contributed by atoms with Gasteiger partial charge < -0.3 is 10.5 Å². The molecule has 0 saturated carbocycles. The first kappa shape index (κ1) is 15.4. The molecule has 3 nitrogen and oxygen atoms in total. The van der Waals surface area contributed by atoms with E-state index in [-0.39, 0.29) is 17.6 Å². The first-order valence-corrected chi connectivity index (χ1v) is 6.16. The smallest absolute Gasteiger partial charge is 0.387 e. The highest BCUT2D eigenvalue weighted by molar-refractivity contribution is 5.96. The zero-order chi connectivity index (χ0) is 14.7. The quantitative estimate of drug-likeness (QED) is 0.889. The van der Waals surface area contributed by atoms with Crippen molar-refractivity contribution in [1.82, 2.24) is 0 Å². The van der Waals surface area contributed by atoms with Crippen LogP contribution in [0, 0.1) is 0 Å². The van der Waals surface area contributed by atoms with Crippen LogP contribution in [0.2, 0.25) is 0 Å². The molecule has 19 heavy (non-hydrogen) atoms. The van der Waals surface area contributed by atoms with Gasteiger partial charge in [-0.3, -0.25) is 4.79 Å². The zero-order valence-electron chi connectivity index (χ0n) is 11.5. The molecule has 0 aliphatic heterocycles. The molecule has 106 valence electrons. The van der Waals surface area contributed by atoms with E-state index < -0.39 is 12.5 Å². The molecule has 1 aromatic carbocycles. The van der Waals surface area contributed by atoms with E-state index in [4.69, 9.17) is 5.73 Å². The number of hydrogen-bond acceptors (Lipinski definition) is 2. The van der Waals surface area contributed by atoms with Gasteiger partial charge in [0.15, 0.2) is 0 Å². The highest BCUT2D eigenvalue weighted by Gasteiger charge is 2.21. The fourth-order valence-corrected chi connectivity index (χ4v) is 2.03. The topological polar surface area (TPSA) is 52.3 Å². The van der Waals surface area contributed by atoms with Crippen LogP contribution in [0.25, 0.3) is 0 Å². The minimum absolute atomic E-state index is 0.0128. The van der Waals surface area contributed by atoms with Gasteiger partial charge in [0.25, 0.3) is 0 Å². The van der Waals surface area contributed by atoms with Crippen molar-refractivity contribution in [3.8, 4) is 5.75 Å². The lowest BCUT2D eigenvalue weighted by molar-refractivity contribution is -0.0499. The number of carbonyl (C=O) groups is 1. The maximum Gasteiger partial charge on any atom is 0.387 e. The van der Waals surface area contributed by atoms with Crippen LogP contribution >= 0.6 is 0 Å². The van der Waals surface area contributed by atoms with E-state index in [0.717, 1.165) is 0 Å². The summed E-state index contributed by atoms with van der Waals surface area (Å²) in [4.78, 5) is 11.6. The van der Waals surface area contributed by atoms with Crippen molar-refractivity contribution in [3.05, 3.63) is 28.8 Å². The zero-order valence-corrected chi connectivity index (χ0v) is 11.5. The Bertz CT molecular complexity index is 442. The second-order valence-electron chi connectivity index (χ2n) is 5.03. The highest BCUT2D eigenvalue weighted by Crippen LogP contribution is 2.32. The Hall–Kier alpha value is -1.65. The highest BCUT2D eigenvalue weighted by atomic mass is 19.3. The summed E-state index contributed by atoms with van der Waals surface area (Å²) in [5.74, 6) is -0.508. The molecule has 5 heteroatoms. The summed E-state index contributed by atoms with van der Waals surface area (Å²) in [5.41, 5.74) is 7.09. The molecule has 0 radical (unpaired) electrons. The van der Waals surface area contributed by atoms with Crippen molar-refractivity contribution in [1.29, 1.82) is 0 Å². The Balaban J connectivity index is 3.48. The number of amides is 1. The SMILES string of the molecule is CC(C)c1cc(OC(F)F)cc(C(C)C)c1C(N)=O. The van der Waals surface area contributed by atoms with Crippen LogP contribution < -0.4 is 10.5 Å². The van der Waals surface area contributed by atoms with E-state index in [2.05, 4.69) is 4.74 Å². The number of rotatable bonds is 5. The fourth-order valence-electron chi connectivity index (χ4n) is 2.03. The Labute approximate surface area is 111 Å². The summed E-state index contributed by atoms with van der Waals surface area (Å²) >= 11 is 0. The minimum atomic E-state index is -2.89. The predicted molar refractivity (Wildman–Crippen MR) is 69.8 cm³/mol. The van der Waals surface area contributed by atoms with E-state index in [0.29, 0.717) is 16.7 Å². The average Bonchev–Trinajstić information content (AvgIpc) is 2.26. The van der Waals surface area contributed by atoms with Gasteiger partial charge in [0.1, 0.15) is 5.75 Å². The van der Waals surface area contributed by atoms with Crippen molar-refractivity contribution >= 4 is 5.91 Å². The summed E-state index contributed by atoms with van der Waals surface area (Å²) in [6.07, 6.45) is 0. The van der Waals surface area contributed by atoms with Crippen molar-refractivity contribution in [3.63, 3.8) is 0 Å². The van der Waals surface area contributed by atoms with Gasteiger partial charge in [-0.25, -0.2) is 0 Å². The number of hydrogen-bond donors (Lipinski definition) is 1. The number of ether oxygens (including phenoxy) is 1. The van der Waals surface area contributed by atoms with Crippen LogP contribution in [0.15, 0.2) is 12.1 Å². The monoisotopic (exact) mass is 271 g/mol. The van der Waals surface area contributed by atoms with E-state index >= 15 is 0 Å². The van der Waals surface area contributed by atoms with E-state index in [1.54, 1.807) is 0 Å². The van der Waals surface area contributed by atoms with Gasteiger partial charge in [-0.05, 0) is 35.1 Å². The summed E-state index contributed by atoms with van der Waals surface area (Å²) in [7, 11) is 0. The lowest BCUT2D eigenvalue weighted by Crippen LogP contribution is -2.18. The molecule has 1 aromatic rings. The number of nitrogens with two attached hydrogens (primary N) is 1. The normalized spacial score (nSPS) is 11.4. The summed E-state index contributed by atoms with van der Waals surface area (Å²) in [6.45, 7) is 4.60. The number of carbonyl (C=O) groups excluding carboxylic acids is 1. The van der Waals surface area contributed by atoms with Gasteiger partial charge in [-0.2, -0.15) is 8.78 Å². The van der Waals surface area contributed by atoms with Gasteiger partial charge in [-0.15, -0.1) is 0 Å². The van der Waals surface area contributed by atoms with Crippen molar-refractivity contribution < 1.29 is 18.3 Å². The third kappa shape index (κ3) is 3.66. The van der Waals surface area contributed by atoms with Crippen molar-refractivity contribution in [2.45, 2.75) is 46.1 Å². The van der Waals surface area contributed by atoms with Crippen LogP contribution in [0.4, 0.5) is 8.78 Å². The summed E-state index contributed by atoms with van der Waals surface area (Å²) < 4.78 is 29.1. The number of alkyl halides is 2. The van der Waals surface area contributed by atoms with Crippen LogP contribution in [0.3, 0.4) is 0 Å². The predicted octanol–water partition coefficient (Wildman–Crippen LogP) is 3.63. The van der Waals surface area contributed by atoms with Gasteiger partial charge in [0, 0.05) is 5.56 Å². The third-order valence-corrected chi connectivity index (χ3v) is 2.89. The number of primary amides is 1. The average molecular weight is 271 g/mol. The Kier molecular flexibility index (Phi) is 4.86. The molecule has 0 heterocycles. The van der Waals surface area contributed by atoms with Gasteiger partial charge in [-0.1, -0.05) is 27.7 Å². The largest absolute Gasteiger partial charge is 0.435 e. The molecule has 0 aromatic heterocycles. The van der Waals surface area contributed by atoms with Gasteiger partial charge in [0.05, 0.1) is 0 Å². The lowest BCUT2D eigenvalue weighted by atomic mass is 9.88. The van der Waals surface area contributed by atoms with E-state index in [1.165, 1.54) is 12.1 Å². The molecule has 0 bridgehead atoms. The Morgan fingerprint density at radius 1 is 1.11 bits per heavy atom. The van der Waals surface area contributed by atoms with Gasteiger partial charge >= 0.3 is 6.61 Å². The standard InChI is InChI=1S/C14H19F2NO2/c1-7(2)10-5-9(19-14(15)16)6-11(8(3)4)12(10)13(17)18/h5-8,14H,1-4H3,(H2,17,18). The molecule has 0 saturated heterocycles. The summed E-state index contributed by atoms with van der Waals surface area (Å²) in [6, 6.07) is 2.92. The molecular formula is C14H19F2NO2. The second kappa shape index (κ2) is 5.99. The number of benzene rings is 1. The first-order valence-electron chi connectivity index (χ1n) is 6.16. The molecule has 0 atom stereocenters. The molecule has 0 unspecified atom stereocenters. The number of halogens is 2. The molecule has 1 amide bonds. The molecule has 0 fully saturated rings. The van der Waals surface area contributed by atoms with E-state index in [9.17, 15) is 13.6 Å². The summed E-state index contributed by atoms with van der Waals surface area (Å²) in [5, 5.41) is 0. The minimum Gasteiger partial charge on any atom is -0.435 e. The maximum absolute atomic E-state index is 12.3. The molecule has 0 spiro atoms. The van der Waals surface area contributed by atoms with Crippen molar-refractivity contribution in [2.24, 2.45) is 5.73 Å². The maximum atomic E-state index is 12.3. The molecular weight excluding hydrogens is 252 g/mol. The molecule has 2 N–H and O–H groups in total. The molecule has 1 rings (SSSR count). The van der Waals surface area contributed by atoms with Crippen LogP contribution in [-0.4, -0.2) is 12.5 Å². The first-order chi connectivity index (χ1) is 8.73. The fraction of sp³-hybridized carbons (Fsp3) is 0.500. The van der Waals surface area contributed by atoms with E-state index in [1.807, 2.05) is 27.7 Å². The van der Waals surface area contributed by atoms with Crippen molar-refractivity contribution in [2.75, 3.05) is 0 Å². The van der Waals surface area contributed by atoms with Crippen LogP contribution in [0.1, 0.15) is 61.0 Å². The lowest BCUT2D eigenvalue weighted by Gasteiger charge is -2.19. The van der Waals surface area contributed by atoms with Crippen LogP contribution in [0.5, 0.6) is 5.75 Å². The molecule has 0 aliphatic carbocycles. The Morgan fingerprint density at radius 2 is 1.53 bits per heavy atom. The van der Waals surface area contributed by atoms with Gasteiger partial charge in [0.2, 0.25) is 5.91 Å². The third-order valence-electron chi connectivity index (χ3n) is 2.89. The second-order valence-corrected chi connectivity index (χ2v) is 5.03.